The summed E-state index contributed by atoms with van der Waals surface area (Å²) in [4.78, 5) is 12.3. The zero-order valence-corrected chi connectivity index (χ0v) is 14.6. The third-order valence-electron chi connectivity index (χ3n) is 3.04. The predicted molar refractivity (Wildman–Crippen MR) is 89.4 cm³/mol. The number of ether oxygens (including phenoxy) is 4. The minimum Gasteiger partial charge on any atom is -0.493 e. The van der Waals surface area contributed by atoms with Crippen LogP contribution in [0.15, 0.2) is 46.9 Å². The molecule has 23 heavy (non-hydrogen) atoms. The number of carbonyl (C=O) groups is 1. The van der Waals surface area contributed by atoms with Crippen LogP contribution in [0.3, 0.4) is 0 Å². The topological polar surface area (TPSA) is 54.0 Å². The highest BCUT2D eigenvalue weighted by molar-refractivity contribution is 9.10. The summed E-state index contributed by atoms with van der Waals surface area (Å²) in [6, 6.07) is 12.3. The third-order valence-corrected chi connectivity index (χ3v) is 3.57. The van der Waals surface area contributed by atoms with Crippen LogP contribution >= 0.6 is 15.9 Å². The van der Waals surface area contributed by atoms with Gasteiger partial charge in [0.1, 0.15) is 5.75 Å². The molecule has 122 valence electrons. The summed E-state index contributed by atoms with van der Waals surface area (Å²) >= 11 is 3.34. The molecule has 0 radical (unpaired) electrons. The Balaban J connectivity index is 2.10. The zero-order valence-electron chi connectivity index (χ0n) is 13.0. The highest BCUT2D eigenvalue weighted by Gasteiger charge is 2.21. The summed E-state index contributed by atoms with van der Waals surface area (Å²) in [5.41, 5.74) is 0. The van der Waals surface area contributed by atoms with E-state index in [0.29, 0.717) is 17.2 Å². The van der Waals surface area contributed by atoms with Crippen LogP contribution in [-0.4, -0.2) is 26.3 Å². The van der Waals surface area contributed by atoms with Gasteiger partial charge in [-0.2, -0.15) is 0 Å². The number of carbonyl (C=O) groups excluding carboxylic acids is 1. The van der Waals surface area contributed by atoms with Crippen LogP contribution in [0.25, 0.3) is 0 Å². The Morgan fingerprint density at radius 2 is 1.57 bits per heavy atom. The van der Waals surface area contributed by atoms with E-state index >= 15 is 0 Å². The molecule has 0 aliphatic carbocycles. The van der Waals surface area contributed by atoms with Gasteiger partial charge in [-0.15, -0.1) is 0 Å². The lowest BCUT2D eigenvalue weighted by molar-refractivity contribution is -0.141. The molecule has 2 aromatic rings. The molecule has 0 aliphatic heterocycles. The summed E-state index contributed by atoms with van der Waals surface area (Å²) in [6.45, 7) is 1.62. The largest absolute Gasteiger partial charge is 0.493 e. The molecule has 0 spiro atoms. The van der Waals surface area contributed by atoms with Crippen molar-refractivity contribution in [3.63, 3.8) is 0 Å². The molecule has 2 rings (SSSR count). The van der Waals surface area contributed by atoms with Gasteiger partial charge >= 0.3 is 5.97 Å². The van der Waals surface area contributed by atoms with Crippen molar-refractivity contribution in [3.05, 3.63) is 46.9 Å². The number of benzene rings is 2. The van der Waals surface area contributed by atoms with Gasteiger partial charge in [0.05, 0.1) is 14.2 Å². The molecule has 0 aromatic heterocycles. The van der Waals surface area contributed by atoms with Crippen molar-refractivity contribution in [2.45, 2.75) is 13.0 Å². The Labute approximate surface area is 143 Å². The van der Waals surface area contributed by atoms with Crippen LogP contribution in [0, 0.1) is 0 Å². The van der Waals surface area contributed by atoms with Gasteiger partial charge in [-0.25, -0.2) is 4.79 Å². The Bertz CT molecular complexity index is 647. The Hall–Kier alpha value is -2.21. The fourth-order valence-electron chi connectivity index (χ4n) is 1.87. The molecule has 2 aromatic carbocycles. The molecule has 5 nitrogen and oxygen atoms in total. The lowest BCUT2D eigenvalue weighted by atomic mass is 10.3. The fourth-order valence-corrected chi connectivity index (χ4v) is 2.13. The van der Waals surface area contributed by atoms with E-state index in [4.69, 9.17) is 18.9 Å². The highest BCUT2D eigenvalue weighted by Crippen LogP contribution is 2.37. The average molecular weight is 381 g/mol. The van der Waals surface area contributed by atoms with Crippen LogP contribution in [0.5, 0.6) is 23.0 Å². The van der Waals surface area contributed by atoms with Crippen molar-refractivity contribution < 1.29 is 23.7 Å². The first-order valence-electron chi connectivity index (χ1n) is 6.90. The Kier molecular flexibility index (Phi) is 5.87. The molecular formula is C17H17BrO5. The number of hydrogen-bond acceptors (Lipinski definition) is 5. The zero-order chi connectivity index (χ0) is 16.8. The van der Waals surface area contributed by atoms with E-state index in [9.17, 15) is 4.79 Å². The molecule has 0 N–H and O–H groups in total. The number of para-hydroxylation sites is 1. The lowest BCUT2D eigenvalue weighted by Crippen LogP contribution is -2.28. The molecule has 0 unspecified atom stereocenters. The van der Waals surface area contributed by atoms with Gasteiger partial charge in [-0.3, -0.25) is 0 Å². The second-order valence-electron chi connectivity index (χ2n) is 4.63. The van der Waals surface area contributed by atoms with Gasteiger partial charge in [0.25, 0.3) is 0 Å². The summed E-state index contributed by atoms with van der Waals surface area (Å²) < 4.78 is 22.3. The van der Waals surface area contributed by atoms with Crippen molar-refractivity contribution in [2.24, 2.45) is 0 Å². The van der Waals surface area contributed by atoms with Crippen LogP contribution in [-0.2, 0) is 4.79 Å². The quantitative estimate of drug-likeness (QED) is 0.562. The Morgan fingerprint density at radius 1 is 1.00 bits per heavy atom. The van der Waals surface area contributed by atoms with E-state index in [0.717, 1.165) is 4.47 Å². The number of hydrogen-bond donors (Lipinski definition) is 0. The van der Waals surface area contributed by atoms with Crippen molar-refractivity contribution in [2.75, 3.05) is 14.2 Å². The van der Waals surface area contributed by atoms with Gasteiger partial charge in [-0.1, -0.05) is 22.0 Å². The summed E-state index contributed by atoms with van der Waals surface area (Å²) in [7, 11) is 2.99. The standard InChI is InChI=1S/C17H17BrO5/c1-11(22-13-9-7-12(18)8-10-13)17(19)23-16-14(20-2)5-4-6-15(16)21-3/h4-11H,1-3H3/t11-/m0/s1. The normalized spacial score (nSPS) is 11.5. The van der Waals surface area contributed by atoms with Gasteiger partial charge < -0.3 is 18.9 Å². The van der Waals surface area contributed by atoms with Crippen molar-refractivity contribution >= 4 is 21.9 Å². The first-order chi connectivity index (χ1) is 11.0. The number of halogens is 1. The van der Waals surface area contributed by atoms with Crippen molar-refractivity contribution in [1.29, 1.82) is 0 Å². The fraction of sp³-hybridized carbons (Fsp3) is 0.235. The van der Waals surface area contributed by atoms with Crippen molar-refractivity contribution in [3.8, 4) is 23.0 Å². The number of rotatable bonds is 6. The SMILES string of the molecule is COc1cccc(OC)c1OC(=O)[C@H](C)Oc1ccc(Br)cc1. The molecule has 1 atom stereocenters. The molecule has 6 heteroatoms. The molecule has 0 bridgehead atoms. The molecule has 0 saturated carbocycles. The van der Waals surface area contributed by atoms with E-state index in [1.807, 2.05) is 12.1 Å². The molecule has 0 saturated heterocycles. The van der Waals surface area contributed by atoms with Gasteiger partial charge in [0.2, 0.25) is 5.75 Å². The minimum absolute atomic E-state index is 0.230. The predicted octanol–water partition coefficient (Wildman–Crippen LogP) is 3.84. The molecule has 0 fully saturated rings. The van der Waals surface area contributed by atoms with E-state index in [1.165, 1.54) is 14.2 Å². The van der Waals surface area contributed by atoms with Crippen LogP contribution in [0.4, 0.5) is 0 Å². The number of esters is 1. The molecular weight excluding hydrogens is 364 g/mol. The van der Waals surface area contributed by atoms with E-state index in [1.54, 1.807) is 37.3 Å². The number of methoxy groups -OCH3 is 2. The monoisotopic (exact) mass is 380 g/mol. The second-order valence-corrected chi connectivity index (χ2v) is 5.54. The van der Waals surface area contributed by atoms with Crippen LogP contribution in [0.2, 0.25) is 0 Å². The Morgan fingerprint density at radius 3 is 2.09 bits per heavy atom. The second kappa shape index (κ2) is 7.87. The van der Waals surface area contributed by atoms with E-state index < -0.39 is 12.1 Å². The average Bonchev–Trinajstić information content (AvgIpc) is 2.56. The van der Waals surface area contributed by atoms with Crippen molar-refractivity contribution in [1.82, 2.24) is 0 Å². The maximum atomic E-state index is 12.3. The first-order valence-corrected chi connectivity index (χ1v) is 7.69. The molecule has 0 heterocycles. The van der Waals surface area contributed by atoms with E-state index in [2.05, 4.69) is 15.9 Å². The molecule has 0 aliphatic rings. The lowest BCUT2D eigenvalue weighted by Gasteiger charge is -2.16. The van der Waals surface area contributed by atoms with Gasteiger partial charge in [-0.05, 0) is 43.3 Å². The van der Waals surface area contributed by atoms with Crippen LogP contribution < -0.4 is 18.9 Å². The minimum atomic E-state index is -0.786. The highest BCUT2D eigenvalue weighted by atomic mass is 79.9. The third kappa shape index (κ3) is 4.39. The summed E-state index contributed by atoms with van der Waals surface area (Å²) in [5, 5.41) is 0. The van der Waals surface area contributed by atoms with Gasteiger partial charge in [0.15, 0.2) is 17.6 Å². The smallest absolute Gasteiger partial charge is 0.352 e. The summed E-state index contributed by atoms with van der Waals surface area (Å²) in [6.07, 6.45) is -0.786. The van der Waals surface area contributed by atoms with Gasteiger partial charge in [0, 0.05) is 4.47 Å². The van der Waals surface area contributed by atoms with Crippen LogP contribution in [0.1, 0.15) is 6.92 Å². The summed E-state index contributed by atoms with van der Waals surface area (Å²) in [5.74, 6) is 1.08. The first kappa shape index (κ1) is 17.1. The maximum absolute atomic E-state index is 12.3. The van der Waals surface area contributed by atoms with E-state index in [-0.39, 0.29) is 5.75 Å². The molecule has 0 amide bonds. The maximum Gasteiger partial charge on any atom is 0.352 e.